The van der Waals surface area contributed by atoms with E-state index in [-0.39, 0.29) is 0 Å². The average Bonchev–Trinajstić information content (AvgIpc) is 2.67. The summed E-state index contributed by atoms with van der Waals surface area (Å²) in [5.74, 6) is 2.64. The lowest BCUT2D eigenvalue weighted by molar-refractivity contribution is 0.414. The number of benzene rings is 2. The topological polar surface area (TPSA) is 81.2 Å². The molecule has 25 heavy (non-hydrogen) atoms. The molecule has 7 heteroatoms. The van der Waals surface area contributed by atoms with Crippen molar-refractivity contribution >= 4 is 17.5 Å². The summed E-state index contributed by atoms with van der Waals surface area (Å²) in [6, 6.07) is 15.4. The first-order valence-electron chi connectivity index (χ1n) is 7.74. The molecule has 2 aromatic carbocycles. The van der Waals surface area contributed by atoms with Gasteiger partial charge in [0.15, 0.2) is 5.82 Å². The van der Waals surface area contributed by atoms with Gasteiger partial charge >= 0.3 is 0 Å². The van der Waals surface area contributed by atoms with Crippen molar-refractivity contribution in [2.45, 2.75) is 6.54 Å². The summed E-state index contributed by atoms with van der Waals surface area (Å²) in [6.07, 6.45) is 1.57. The summed E-state index contributed by atoms with van der Waals surface area (Å²) in [7, 11) is 3.28. The first-order chi connectivity index (χ1) is 12.3. The van der Waals surface area contributed by atoms with Crippen LogP contribution in [-0.2, 0) is 6.54 Å². The molecule has 3 rings (SSSR count). The molecule has 0 spiro atoms. The van der Waals surface area contributed by atoms with Crippen molar-refractivity contribution in [1.82, 2.24) is 15.2 Å². The molecule has 0 amide bonds. The van der Waals surface area contributed by atoms with Gasteiger partial charge in [-0.3, -0.25) is 0 Å². The zero-order valence-electron chi connectivity index (χ0n) is 14.1. The predicted molar refractivity (Wildman–Crippen MR) is 96.4 cm³/mol. The fourth-order valence-corrected chi connectivity index (χ4v) is 2.21. The van der Waals surface area contributed by atoms with Crippen LogP contribution in [0.2, 0.25) is 0 Å². The number of hydrogen-bond donors (Lipinski definition) is 2. The van der Waals surface area contributed by atoms with Crippen LogP contribution in [0.4, 0.5) is 17.5 Å². The molecule has 3 aromatic rings. The number of methoxy groups -OCH3 is 2. The van der Waals surface area contributed by atoms with Crippen molar-refractivity contribution in [2.75, 3.05) is 24.9 Å². The monoisotopic (exact) mass is 337 g/mol. The van der Waals surface area contributed by atoms with Gasteiger partial charge < -0.3 is 20.1 Å². The fraction of sp³-hybridized carbons (Fsp3) is 0.167. The van der Waals surface area contributed by atoms with Crippen LogP contribution in [-0.4, -0.2) is 29.4 Å². The van der Waals surface area contributed by atoms with Gasteiger partial charge in [0.1, 0.15) is 11.5 Å². The number of hydrogen-bond acceptors (Lipinski definition) is 7. The van der Waals surface area contributed by atoms with Crippen LogP contribution >= 0.6 is 0 Å². The molecule has 2 N–H and O–H groups in total. The van der Waals surface area contributed by atoms with E-state index < -0.39 is 0 Å². The lowest BCUT2D eigenvalue weighted by atomic mass is 10.2. The third-order valence-electron chi connectivity index (χ3n) is 3.51. The molecule has 0 atom stereocenters. The van der Waals surface area contributed by atoms with Gasteiger partial charge in [0.2, 0.25) is 5.95 Å². The molecule has 0 saturated heterocycles. The van der Waals surface area contributed by atoms with Crippen LogP contribution in [0.25, 0.3) is 0 Å². The Morgan fingerprint density at radius 2 is 1.76 bits per heavy atom. The second-order valence-corrected chi connectivity index (χ2v) is 5.22. The number of anilines is 3. The lowest BCUT2D eigenvalue weighted by Crippen LogP contribution is -2.06. The van der Waals surface area contributed by atoms with Crippen molar-refractivity contribution < 1.29 is 9.47 Å². The van der Waals surface area contributed by atoms with Gasteiger partial charge in [-0.05, 0) is 29.8 Å². The minimum absolute atomic E-state index is 0.448. The third-order valence-corrected chi connectivity index (χ3v) is 3.51. The molecule has 0 unspecified atom stereocenters. The minimum atomic E-state index is 0.448. The van der Waals surface area contributed by atoms with Gasteiger partial charge in [-0.2, -0.15) is 10.1 Å². The van der Waals surface area contributed by atoms with E-state index in [2.05, 4.69) is 25.8 Å². The highest BCUT2D eigenvalue weighted by molar-refractivity contribution is 5.58. The Balaban J connectivity index is 1.64. The summed E-state index contributed by atoms with van der Waals surface area (Å²) in [5, 5.41) is 14.3. The van der Waals surface area contributed by atoms with E-state index in [0.717, 1.165) is 22.7 Å². The molecule has 0 bridgehead atoms. The van der Waals surface area contributed by atoms with Gasteiger partial charge in [0.05, 0.1) is 20.4 Å². The standard InChI is InChI=1S/C18H19N5O2/c1-24-15-8-6-13(7-9-15)11-19-18-22-17(12-20-23-18)21-14-4-3-5-16(10-14)25-2/h3-10,12H,11H2,1-2H3,(H2,19,21,22,23). The second kappa shape index (κ2) is 7.96. The molecule has 0 aliphatic carbocycles. The predicted octanol–water partition coefficient (Wildman–Crippen LogP) is 3.24. The zero-order chi connectivity index (χ0) is 17.5. The first kappa shape index (κ1) is 16.5. The quantitative estimate of drug-likeness (QED) is 0.685. The fourth-order valence-electron chi connectivity index (χ4n) is 2.21. The van der Waals surface area contributed by atoms with E-state index in [1.165, 1.54) is 0 Å². The van der Waals surface area contributed by atoms with Crippen molar-refractivity contribution in [3.05, 3.63) is 60.3 Å². The Hall–Kier alpha value is -3.35. The van der Waals surface area contributed by atoms with Gasteiger partial charge in [-0.1, -0.05) is 18.2 Å². The van der Waals surface area contributed by atoms with Crippen LogP contribution in [0, 0.1) is 0 Å². The van der Waals surface area contributed by atoms with Crippen LogP contribution < -0.4 is 20.1 Å². The van der Waals surface area contributed by atoms with E-state index in [1.54, 1.807) is 20.4 Å². The zero-order valence-corrected chi connectivity index (χ0v) is 14.1. The molecule has 0 aliphatic rings. The maximum atomic E-state index is 5.21. The van der Waals surface area contributed by atoms with Gasteiger partial charge in [-0.25, -0.2) is 0 Å². The molecular weight excluding hydrogens is 318 g/mol. The highest BCUT2D eigenvalue weighted by Crippen LogP contribution is 2.20. The van der Waals surface area contributed by atoms with Gasteiger partial charge in [-0.15, -0.1) is 5.10 Å². The maximum absolute atomic E-state index is 5.21. The molecule has 0 aliphatic heterocycles. The summed E-state index contributed by atoms with van der Waals surface area (Å²) in [4.78, 5) is 4.41. The van der Waals surface area contributed by atoms with Crippen LogP contribution in [0.15, 0.2) is 54.7 Å². The lowest BCUT2D eigenvalue weighted by Gasteiger charge is -2.09. The second-order valence-electron chi connectivity index (χ2n) is 5.22. The van der Waals surface area contributed by atoms with Crippen molar-refractivity contribution in [2.24, 2.45) is 0 Å². The number of aromatic nitrogens is 3. The first-order valence-corrected chi connectivity index (χ1v) is 7.74. The van der Waals surface area contributed by atoms with Gasteiger partial charge in [0, 0.05) is 18.3 Å². The summed E-state index contributed by atoms with van der Waals surface area (Å²) < 4.78 is 10.4. The number of rotatable bonds is 7. The van der Waals surface area contributed by atoms with E-state index in [1.807, 2.05) is 48.5 Å². The molecular formula is C18H19N5O2. The number of nitrogens with zero attached hydrogens (tertiary/aromatic N) is 3. The summed E-state index contributed by atoms with van der Waals surface area (Å²) in [6.45, 7) is 0.592. The Bertz CT molecular complexity index is 824. The Morgan fingerprint density at radius 3 is 2.52 bits per heavy atom. The number of ether oxygens (including phenoxy) is 2. The van der Waals surface area contributed by atoms with Crippen molar-refractivity contribution in [3.63, 3.8) is 0 Å². The van der Waals surface area contributed by atoms with Crippen LogP contribution in [0.1, 0.15) is 5.56 Å². The average molecular weight is 337 g/mol. The minimum Gasteiger partial charge on any atom is -0.497 e. The maximum Gasteiger partial charge on any atom is 0.244 e. The van der Waals surface area contributed by atoms with E-state index in [0.29, 0.717) is 18.3 Å². The van der Waals surface area contributed by atoms with E-state index in [9.17, 15) is 0 Å². The normalized spacial score (nSPS) is 10.2. The molecule has 0 saturated carbocycles. The van der Waals surface area contributed by atoms with Gasteiger partial charge in [0.25, 0.3) is 0 Å². The van der Waals surface area contributed by atoms with Crippen LogP contribution in [0.5, 0.6) is 11.5 Å². The molecule has 128 valence electrons. The highest BCUT2D eigenvalue weighted by Gasteiger charge is 2.03. The summed E-state index contributed by atoms with van der Waals surface area (Å²) in [5.41, 5.74) is 1.96. The van der Waals surface area contributed by atoms with Crippen LogP contribution in [0.3, 0.4) is 0 Å². The Kier molecular flexibility index (Phi) is 5.26. The molecule has 1 heterocycles. The Labute approximate surface area is 146 Å². The molecule has 0 radical (unpaired) electrons. The molecule has 0 fully saturated rings. The highest BCUT2D eigenvalue weighted by atomic mass is 16.5. The number of nitrogens with one attached hydrogen (secondary N) is 2. The molecule has 1 aromatic heterocycles. The van der Waals surface area contributed by atoms with Crippen molar-refractivity contribution in [1.29, 1.82) is 0 Å². The smallest absolute Gasteiger partial charge is 0.244 e. The Morgan fingerprint density at radius 1 is 0.960 bits per heavy atom. The van der Waals surface area contributed by atoms with E-state index in [4.69, 9.17) is 9.47 Å². The SMILES string of the molecule is COc1ccc(CNc2nncc(Nc3cccc(OC)c3)n2)cc1. The summed E-state index contributed by atoms with van der Waals surface area (Å²) >= 11 is 0. The largest absolute Gasteiger partial charge is 0.497 e. The molecule has 7 nitrogen and oxygen atoms in total. The third kappa shape index (κ3) is 4.57. The van der Waals surface area contributed by atoms with Crippen molar-refractivity contribution in [3.8, 4) is 11.5 Å². The van der Waals surface area contributed by atoms with E-state index >= 15 is 0 Å².